The Labute approximate surface area is 260 Å². The van der Waals surface area contributed by atoms with Gasteiger partial charge in [-0.2, -0.15) is 0 Å². The van der Waals surface area contributed by atoms with Gasteiger partial charge in [-0.05, 0) is 74.4 Å². The highest BCUT2D eigenvalue weighted by Gasteiger charge is 2.33. The van der Waals surface area contributed by atoms with Crippen LogP contribution in [0, 0.1) is 5.82 Å². The molecule has 1 aliphatic rings. The van der Waals surface area contributed by atoms with Crippen LogP contribution in [-0.4, -0.2) is 57.0 Å². The van der Waals surface area contributed by atoms with Crippen molar-refractivity contribution in [3.05, 3.63) is 82.1 Å². The van der Waals surface area contributed by atoms with Crippen LogP contribution >= 0.6 is 23.2 Å². The second-order valence-electron chi connectivity index (χ2n) is 10.1. The largest absolute Gasteiger partial charge is 0.486 e. The van der Waals surface area contributed by atoms with Gasteiger partial charge in [-0.3, -0.25) is 13.9 Å². The number of hydrogen-bond acceptors (Lipinski definition) is 6. The monoisotopic (exact) mass is 651 g/mol. The Morgan fingerprint density at radius 3 is 2.28 bits per heavy atom. The number of halogens is 3. The molecule has 13 heteroatoms. The fourth-order valence-electron chi connectivity index (χ4n) is 4.33. The van der Waals surface area contributed by atoms with E-state index >= 15 is 0 Å². The molecule has 1 N–H and O–H groups in total. The first-order chi connectivity index (χ1) is 20.4. The van der Waals surface area contributed by atoms with Crippen LogP contribution in [0.1, 0.15) is 32.8 Å². The van der Waals surface area contributed by atoms with E-state index in [1.807, 2.05) is 13.8 Å². The highest BCUT2D eigenvalue weighted by atomic mass is 35.5. The summed E-state index contributed by atoms with van der Waals surface area (Å²) < 4.78 is 53.9. The van der Waals surface area contributed by atoms with Crippen LogP contribution in [0.3, 0.4) is 0 Å². The number of nitrogens with one attached hydrogen (secondary N) is 1. The molecule has 2 atom stereocenters. The molecule has 230 valence electrons. The van der Waals surface area contributed by atoms with Gasteiger partial charge in [0, 0.05) is 18.7 Å². The van der Waals surface area contributed by atoms with Crippen LogP contribution in [-0.2, 0) is 26.2 Å². The van der Waals surface area contributed by atoms with E-state index in [1.165, 1.54) is 35.2 Å². The molecule has 1 aliphatic heterocycles. The molecule has 1 heterocycles. The summed E-state index contributed by atoms with van der Waals surface area (Å²) in [5.41, 5.74) is 0.629. The summed E-state index contributed by atoms with van der Waals surface area (Å²) in [5.74, 6) is -1.03. The van der Waals surface area contributed by atoms with Crippen LogP contribution in [0.5, 0.6) is 11.5 Å². The Bertz CT molecular complexity index is 1590. The second-order valence-corrected chi connectivity index (χ2v) is 12.7. The summed E-state index contributed by atoms with van der Waals surface area (Å²) in [7, 11) is -4.39. The lowest BCUT2D eigenvalue weighted by Gasteiger charge is -2.32. The highest BCUT2D eigenvalue weighted by Crippen LogP contribution is 2.34. The van der Waals surface area contributed by atoms with Crippen molar-refractivity contribution in [3.63, 3.8) is 0 Å². The van der Waals surface area contributed by atoms with Crippen molar-refractivity contribution in [1.82, 2.24) is 10.2 Å². The summed E-state index contributed by atoms with van der Waals surface area (Å²) in [6.07, 6.45) is 0.672. The fourth-order valence-corrected chi connectivity index (χ4v) is 6.08. The van der Waals surface area contributed by atoms with Crippen molar-refractivity contribution in [2.75, 3.05) is 24.1 Å². The maximum atomic E-state index is 14.0. The summed E-state index contributed by atoms with van der Waals surface area (Å²) in [5, 5.41) is 3.45. The summed E-state index contributed by atoms with van der Waals surface area (Å²) >= 11 is 12.3. The SMILES string of the molecule is CC[C@@H](C)NC(=O)[C@H](C)N(Cc1ccc(Cl)c(Cl)c1)C(=O)CN(c1ccc(F)cc1)S(=O)(=O)c1ccc2c(c1)OCCO2. The molecule has 0 unspecified atom stereocenters. The van der Waals surface area contributed by atoms with Crippen LogP contribution < -0.4 is 19.1 Å². The molecule has 43 heavy (non-hydrogen) atoms. The highest BCUT2D eigenvalue weighted by molar-refractivity contribution is 7.92. The van der Waals surface area contributed by atoms with E-state index in [4.69, 9.17) is 32.7 Å². The average Bonchev–Trinajstić information content (AvgIpc) is 3.00. The standard InChI is InChI=1S/C30H32Cl2FN3O6S/c1-4-19(2)34-30(38)20(3)35(17-21-5-11-25(31)26(32)15-21)29(37)18-36(23-8-6-22(33)7-9-23)43(39,40)24-10-12-27-28(16-24)42-14-13-41-27/h5-12,15-16,19-20H,4,13-14,17-18H2,1-3H3,(H,34,38)/t19-,20+/m1/s1. The maximum absolute atomic E-state index is 14.0. The number of sulfonamides is 1. The third kappa shape index (κ3) is 7.70. The first kappa shape index (κ1) is 32.4. The molecule has 3 aromatic carbocycles. The van der Waals surface area contributed by atoms with Gasteiger partial charge >= 0.3 is 0 Å². The molecule has 0 spiro atoms. The first-order valence-electron chi connectivity index (χ1n) is 13.6. The number of carbonyl (C=O) groups is 2. The summed E-state index contributed by atoms with van der Waals surface area (Å²) in [6, 6.07) is 12.5. The number of ether oxygens (including phenoxy) is 2. The van der Waals surface area contributed by atoms with E-state index < -0.39 is 40.2 Å². The number of fused-ring (bicyclic) bond motifs is 1. The Balaban J connectivity index is 1.72. The topological polar surface area (TPSA) is 105 Å². The van der Waals surface area contributed by atoms with Crippen LogP contribution in [0.4, 0.5) is 10.1 Å². The molecular weight excluding hydrogens is 620 g/mol. The predicted molar refractivity (Wildman–Crippen MR) is 163 cm³/mol. The summed E-state index contributed by atoms with van der Waals surface area (Å²) in [4.78, 5) is 28.3. The lowest BCUT2D eigenvalue weighted by Crippen LogP contribution is -2.52. The molecule has 0 radical (unpaired) electrons. The minimum atomic E-state index is -4.39. The Hall–Kier alpha value is -3.54. The molecule has 0 aliphatic carbocycles. The van der Waals surface area contributed by atoms with Crippen LogP contribution in [0.2, 0.25) is 10.0 Å². The number of benzene rings is 3. The minimum Gasteiger partial charge on any atom is -0.486 e. The molecule has 0 bridgehead atoms. The van der Waals surface area contributed by atoms with Gasteiger partial charge in [-0.25, -0.2) is 12.8 Å². The number of anilines is 1. The van der Waals surface area contributed by atoms with Crippen molar-refractivity contribution in [2.24, 2.45) is 0 Å². The molecule has 0 aromatic heterocycles. The van der Waals surface area contributed by atoms with Crippen LogP contribution in [0.15, 0.2) is 65.6 Å². The number of carbonyl (C=O) groups excluding carboxylic acids is 2. The lowest BCUT2D eigenvalue weighted by molar-refractivity contribution is -0.139. The average molecular weight is 653 g/mol. The van der Waals surface area contributed by atoms with E-state index in [0.29, 0.717) is 29.4 Å². The van der Waals surface area contributed by atoms with Crippen molar-refractivity contribution < 1.29 is 31.9 Å². The molecule has 4 rings (SSSR count). The number of nitrogens with zero attached hydrogens (tertiary/aromatic N) is 2. The number of hydrogen-bond donors (Lipinski definition) is 1. The van der Waals surface area contributed by atoms with E-state index in [9.17, 15) is 22.4 Å². The molecule has 0 saturated heterocycles. The predicted octanol–water partition coefficient (Wildman–Crippen LogP) is 5.43. The first-order valence-corrected chi connectivity index (χ1v) is 15.8. The Kier molecular flexibility index (Phi) is 10.4. The fraction of sp³-hybridized carbons (Fsp3) is 0.333. The van der Waals surface area contributed by atoms with Gasteiger partial charge in [0.1, 0.15) is 31.6 Å². The van der Waals surface area contributed by atoms with Gasteiger partial charge in [-0.15, -0.1) is 0 Å². The Morgan fingerprint density at radius 2 is 1.63 bits per heavy atom. The lowest BCUT2D eigenvalue weighted by atomic mass is 10.1. The van der Waals surface area contributed by atoms with E-state index in [-0.39, 0.29) is 40.5 Å². The molecule has 0 fully saturated rings. The van der Waals surface area contributed by atoms with Gasteiger partial charge in [0.2, 0.25) is 11.8 Å². The van der Waals surface area contributed by atoms with Crippen molar-refractivity contribution in [1.29, 1.82) is 0 Å². The minimum absolute atomic E-state index is 0.0517. The van der Waals surface area contributed by atoms with E-state index in [1.54, 1.807) is 25.1 Å². The van der Waals surface area contributed by atoms with Crippen LogP contribution in [0.25, 0.3) is 0 Å². The normalized spacial score (nSPS) is 14.0. The molecule has 9 nitrogen and oxygen atoms in total. The molecule has 2 amide bonds. The Morgan fingerprint density at radius 1 is 0.953 bits per heavy atom. The van der Waals surface area contributed by atoms with Crippen molar-refractivity contribution >= 4 is 50.7 Å². The second kappa shape index (κ2) is 13.8. The van der Waals surface area contributed by atoms with Crippen molar-refractivity contribution in [2.45, 2.75) is 50.7 Å². The van der Waals surface area contributed by atoms with Gasteiger partial charge in [0.05, 0.1) is 20.6 Å². The quantitative estimate of drug-likeness (QED) is 0.296. The molecular formula is C30H32Cl2FN3O6S. The number of amides is 2. The van der Waals surface area contributed by atoms with E-state index in [2.05, 4.69) is 5.32 Å². The van der Waals surface area contributed by atoms with Gasteiger partial charge in [0.15, 0.2) is 11.5 Å². The van der Waals surface area contributed by atoms with Crippen molar-refractivity contribution in [3.8, 4) is 11.5 Å². The van der Waals surface area contributed by atoms with Gasteiger partial charge < -0.3 is 19.7 Å². The molecule has 0 saturated carbocycles. The smallest absolute Gasteiger partial charge is 0.264 e. The summed E-state index contributed by atoms with van der Waals surface area (Å²) in [6.45, 7) is 5.13. The third-order valence-electron chi connectivity index (χ3n) is 7.00. The number of rotatable bonds is 11. The van der Waals surface area contributed by atoms with Gasteiger partial charge in [0.25, 0.3) is 10.0 Å². The zero-order valence-corrected chi connectivity index (χ0v) is 26.2. The zero-order valence-electron chi connectivity index (χ0n) is 23.8. The van der Waals surface area contributed by atoms with E-state index in [0.717, 1.165) is 16.4 Å². The molecule has 3 aromatic rings. The zero-order chi connectivity index (χ0) is 31.3. The van der Waals surface area contributed by atoms with Gasteiger partial charge in [-0.1, -0.05) is 36.2 Å². The maximum Gasteiger partial charge on any atom is 0.264 e. The third-order valence-corrected chi connectivity index (χ3v) is 9.51.